The van der Waals surface area contributed by atoms with Crippen LogP contribution >= 0.6 is 0 Å². The van der Waals surface area contributed by atoms with Crippen LogP contribution in [0.1, 0.15) is 52.8 Å². The van der Waals surface area contributed by atoms with E-state index in [0.29, 0.717) is 46.4 Å². The Morgan fingerprint density at radius 2 is 1.76 bits per heavy atom. The molecule has 11 heteroatoms. The Labute approximate surface area is 221 Å². The van der Waals surface area contributed by atoms with Crippen LogP contribution in [0.25, 0.3) is 22.3 Å². The summed E-state index contributed by atoms with van der Waals surface area (Å²) in [6.07, 6.45) is 0.856. The van der Waals surface area contributed by atoms with Crippen LogP contribution in [0.3, 0.4) is 0 Å². The fourth-order valence-corrected chi connectivity index (χ4v) is 5.43. The molecule has 0 radical (unpaired) electrons. The second kappa shape index (κ2) is 10.1. The van der Waals surface area contributed by atoms with Gasteiger partial charge in [0.05, 0.1) is 27.2 Å². The van der Waals surface area contributed by atoms with Gasteiger partial charge in [-0.05, 0) is 70.4 Å². The van der Waals surface area contributed by atoms with Crippen LogP contribution < -0.4 is 11.3 Å². The zero-order chi connectivity index (χ0) is 27.9. The van der Waals surface area contributed by atoms with Gasteiger partial charge < -0.3 is 10.7 Å². The number of amides is 1. The predicted molar refractivity (Wildman–Crippen MR) is 147 cm³/mol. The van der Waals surface area contributed by atoms with Gasteiger partial charge >= 0.3 is 0 Å². The van der Waals surface area contributed by atoms with E-state index in [0.717, 1.165) is 15.6 Å². The van der Waals surface area contributed by atoms with E-state index in [9.17, 15) is 18.0 Å². The molecule has 200 valence electrons. The van der Waals surface area contributed by atoms with Gasteiger partial charge in [-0.15, -0.1) is 0 Å². The summed E-state index contributed by atoms with van der Waals surface area (Å²) in [5.41, 5.74) is 10.6. The van der Waals surface area contributed by atoms with Gasteiger partial charge in [-0.25, -0.2) is 22.4 Å². The van der Waals surface area contributed by atoms with Crippen LogP contribution in [0, 0.1) is 13.8 Å². The summed E-state index contributed by atoms with van der Waals surface area (Å²) in [6, 6.07) is 9.79. The number of nitrogens with two attached hydrogens (primary N) is 1. The molecule has 0 bridgehead atoms. The fourth-order valence-electron chi connectivity index (χ4n) is 4.53. The molecule has 3 heterocycles. The molecule has 1 aromatic carbocycles. The molecule has 3 aromatic heterocycles. The number of primary amides is 1. The van der Waals surface area contributed by atoms with E-state index in [1.165, 1.54) is 26.2 Å². The number of sulfonamides is 1. The number of benzene rings is 1. The van der Waals surface area contributed by atoms with Crippen molar-refractivity contribution in [3.63, 3.8) is 0 Å². The highest BCUT2D eigenvalue weighted by atomic mass is 32.2. The van der Waals surface area contributed by atoms with Crippen LogP contribution in [0.2, 0.25) is 0 Å². The lowest BCUT2D eigenvalue weighted by Crippen LogP contribution is -2.22. The number of fused-ring (bicyclic) bond motifs is 1. The third-order valence-corrected chi connectivity index (χ3v) is 8.35. The molecule has 0 aliphatic carbocycles. The quantitative estimate of drug-likeness (QED) is 0.354. The van der Waals surface area contributed by atoms with Crippen molar-refractivity contribution < 1.29 is 13.2 Å². The number of carbonyl (C=O) groups excluding carboxylic acids is 1. The number of aromatic amines is 1. The highest BCUT2D eigenvalue weighted by Gasteiger charge is 2.23. The highest BCUT2D eigenvalue weighted by Crippen LogP contribution is 2.30. The number of carbonyl (C=O) groups is 1. The molecule has 0 atom stereocenters. The molecule has 10 nitrogen and oxygen atoms in total. The van der Waals surface area contributed by atoms with E-state index in [-0.39, 0.29) is 22.1 Å². The van der Waals surface area contributed by atoms with Crippen molar-refractivity contribution in [1.82, 2.24) is 24.1 Å². The second-order valence-electron chi connectivity index (χ2n) is 9.86. The predicted octanol–water partition coefficient (Wildman–Crippen LogP) is 3.12. The zero-order valence-electron chi connectivity index (χ0n) is 22.4. The largest absolute Gasteiger partial charge is 0.366 e. The molecule has 0 aliphatic rings. The summed E-state index contributed by atoms with van der Waals surface area (Å²) >= 11 is 0. The van der Waals surface area contributed by atoms with Gasteiger partial charge in [-0.3, -0.25) is 9.59 Å². The van der Waals surface area contributed by atoms with Crippen LogP contribution in [0.5, 0.6) is 0 Å². The van der Waals surface area contributed by atoms with Crippen molar-refractivity contribution in [1.29, 1.82) is 0 Å². The van der Waals surface area contributed by atoms with Crippen molar-refractivity contribution in [2.45, 2.75) is 51.5 Å². The number of aryl methyl sites for hydroxylation is 3. The minimum Gasteiger partial charge on any atom is -0.366 e. The summed E-state index contributed by atoms with van der Waals surface area (Å²) in [6.45, 7) is 7.67. The standard InChI is InChI=1S/C27H32N6O4S/c1-15(2)33-26-24(22(31-33)12-11-20-16(3)13-17(4)29-27(20)35)21(25(28)34)14-23(30-26)18-7-9-19(10-8-18)38(36,37)32(5)6/h7-10,13-15H,11-12H2,1-6H3,(H2,28,34)(H,29,35). The Kier molecular flexibility index (Phi) is 7.26. The summed E-state index contributed by atoms with van der Waals surface area (Å²) in [4.78, 5) is 33.0. The fraction of sp³-hybridized carbons (Fsp3) is 0.333. The molecule has 0 unspecified atom stereocenters. The van der Waals surface area contributed by atoms with Crippen molar-refractivity contribution in [2.24, 2.45) is 5.73 Å². The molecule has 3 N–H and O–H groups in total. The topological polar surface area (TPSA) is 144 Å². The second-order valence-corrected chi connectivity index (χ2v) is 12.0. The van der Waals surface area contributed by atoms with Crippen molar-refractivity contribution >= 4 is 27.0 Å². The molecule has 0 fully saturated rings. The first-order valence-corrected chi connectivity index (χ1v) is 13.7. The van der Waals surface area contributed by atoms with E-state index in [2.05, 4.69) is 4.98 Å². The minimum atomic E-state index is -3.58. The minimum absolute atomic E-state index is 0.0631. The molecular weight excluding hydrogens is 504 g/mol. The Morgan fingerprint density at radius 3 is 2.32 bits per heavy atom. The van der Waals surface area contributed by atoms with Crippen LogP contribution in [-0.2, 0) is 22.9 Å². The number of H-pyrrole nitrogens is 1. The maximum absolute atomic E-state index is 12.6. The third kappa shape index (κ3) is 4.99. The lowest BCUT2D eigenvalue weighted by Gasteiger charge is -2.12. The maximum atomic E-state index is 12.6. The highest BCUT2D eigenvalue weighted by molar-refractivity contribution is 7.89. The zero-order valence-corrected chi connectivity index (χ0v) is 23.2. The van der Waals surface area contributed by atoms with E-state index < -0.39 is 15.9 Å². The van der Waals surface area contributed by atoms with Crippen LogP contribution in [-0.4, -0.2) is 52.5 Å². The molecule has 1 amide bonds. The molecule has 0 saturated heterocycles. The van der Waals surface area contributed by atoms with Gasteiger partial charge in [0.1, 0.15) is 0 Å². The van der Waals surface area contributed by atoms with E-state index in [4.69, 9.17) is 15.8 Å². The monoisotopic (exact) mass is 536 g/mol. The van der Waals surface area contributed by atoms with E-state index in [1.807, 2.05) is 33.8 Å². The first-order chi connectivity index (χ1) is 17.8. The van der Waals surface area contributed by atoms with Gasteiger partial charge in [0.2, 0.25) is 15.9 Å². The van der Waals surface area contributed by atoms with Gasteiger partial charge in [-0.1, -0.05) is 12.1 Å². The normalized spacial score (nSPS) is 12.1. The number of nitrogens with one attached hydrogen (secondary N) is 1. The van der Waals surface area contributed by atoms with Crippen molar-refractivity contribution in [3.05, 3.63) is 74.8 Å². The van der Waals surface area contributed by atoms with Gasteiger partial charge in [0.15, 0.2) is 5.65 Å². The molecule has 0 spiro atoms. The number of pyridine rings is 2. The molecule has 4 rings (SSSR count). The van der Waals surface area contributed by atoms with Crippen molar-refractivity contribution in [3.8, 4) is 11.3 Å². The number of rotatable bonds is 8. The molecule has 4 aromatic rings. The first-order valence-electron chi connectivity index (χ1n) is 12.3. The van der Waals surface area contributed by atoms with Gasteiger partial charge in [0.25, 0.3) is 5.56 Å². The Hall–Kier alpha value is -3.83. The number of nitrogens with zero attached hydrogens (tertiary/aromatic N) is 4. The van der Waals surface area contributed by atoms with Gasteiger partial charge in [-0.2, -0.15) is 5.10 Å². The lowest BCUT2D eigenvalue weighted by atomic mass is 10.0. The van der Waals surface area contributed by atoms with Crippen molar-refractivity contribution in [2.75, 3.05) is 14.1 Å². The molecule has 0 aliphatic heterocycles. The first kappa shape index (κ1) is 27.2. The lowest BCUT2D eigenvalue weighted by molar-refractivity contribution is 0.100. The average Bonchev–Trinajstić information content (AvgIpc) is 3.21. The number of aromatic nitrogens is 4. The SMILES string of the molecule is Cc1cc(C)c(CCc2nn(C(C)C)c3nc(-c4ccc(S(=O)(=O)N(C)C)cc4)cc(C(N)=O)c23)c(=O)[nH]1. The molecule has 38 heavy (non-hydrogen) atoms. The average molecular weight is 537 g/mol. The van der Waals surface area contributed by atoms with Crippen LogP contribution in [0.15, 0.2) is 46.1 Å². The number of hydrogen-bond donors (Lipinski definition) is 2. The maximum Gasteiger partial charge on any atom is 0.251 e. The molecular formula is C27H32N6O4S. The summed E-state index contributed by atoms with van der Waals surface area (Å²) in [5.74, 6) is -0.626. The third-order valence-electron chi connectivity index (χ3n) is 6.52. The summed E-state index contributed by atoms with van der Waals surface area (Å²) in [7, 11) is -0.642. The van der Waals surface area contributed by atoms with Crippen LogP contribution in [0.4, 0.5) is 0 Å². The number of hydrogen-bond acceptors (Lipinski definition) is 6. The Bertz CT molecular complexity index is 1700. The van der Waals surface area contributed by atoms with E-state index >= 15 is 0 Å². The summed E-state index contributed by atoms with van der Waals surface area (Å²) in [5, 5.41) is 5.33. The molecule has 0 saturated carbocycles. The Balaban J connectivity index is 1.83. The summed E-state index contributed by atoms with van der Waals surface area (Å²) < 4.78 is 27.8. The smallest absolute Gasteiger partial charge is 0.251 e. The Morgan fingerprint density at radius 1 is 1.11 bits per heavy atom. The van der Waals surface area contributed by atoms with E-state index in [1.54, 1.807) is 22.9 Å². The van der Waals surface area contributed by atoms with Gasteiger partial charge in [0, 0.05) is 37.0 Å².